The maximum absolute atomic E-state index is 11.5. The van der Waals surface area contributed by atoms with Gasteiger partial charge in [0.1, 0.15) is 6.61 Å². The Morgan fingerprint density at radius 1 is 1.11 bits per heavy atom. The molecule has 6 nitrogen and oxygen atoms in total. The quantitative estimate of drug-likeness (QED) is 0.943. The second kappa shape index (κ2) is 6.31. The number of halogens is 2. The summed E-state index contributed by atoms with van der Waals surface area (Å²) in [7, 11) is 0. The van der Waals surface area contributed by atoms with Crippen molar-refractivity contribution in [3.63, 3.8) is 0 Å². The van der Waals surface area contributed by atoms with Crippen LogP contribution in [0.5, 0.6) is 0 Å². The number of anilines is 1. The molecule has 8 heteroatoms. The van der Waals surface area contributed by atoms with E-state index in [0.29, 0.717) is 0 Å². The van der Waals surface area contributed by atoms with Crippen LogP contribution in [-0.2, 0) is 11.3 Å². The molecule has 1 N–H and O–H groups in total. The molecule has 0 fully saturated rings. The minimum atomic E-state index is -0.706. The van der Waals surface area contributed by atoms with Gasteiger partial charge in [0.15, 0.2) is 0 Å². The van der Waals surface area contributed by atoms with Gasteiger partial charge in [-0.3, -0.25) is 5.32 Å². The monoisotopic (exact) mass is 298 g/mol. The number of ether oxygens (including phenoxy) is 1. The second-order valence-electron chi connectivity index (χ2n) is 3.38. The Balaban J connectivity index is 1.91. The third-order valence-electron chi connectivity index (χ3n) is 2.01. The van der Waals surface area contributed by atoms with Crippen LogP contribution in [-0.4, -0.2) is 21.0 Å². The molecule has 0 aliphatic carbocycles. The van der Waals surface area contributed by atoms with Crippen LogP contribution >= 0.6 is 23.2 Å². The maximum atomic E-state index is 11.5. The molecular weight excluding hydrogens is 291 g/mol. The van der Waals surface area contributed by atoms with E-state index in [0.717, 1.165) is 5.56 Å². The average molecular weight is 299 g/mol. The van der Waals surface area contributed by atoms with Crippen molar-refractivity contribution in [1.82, 2.24) is 15.0 Å². The van der Waals surface area contributed by atoms with Crippen LogP contribution in [0.3, 0.4) is 0 Å². The molecule has 0 saturated carbocycles. The predicted molar refractivity (Wildman–Crippen MR) is 70.1 cm³/mol. The van der Waals surface area contributed by atoms with E-state index in [1.54, 1.807) is 0 Å². The van der Waals surface area contributed by atoms with Crippen molar-refractivity contribution in [3.05, 3.63) is 46.5 Å². The molecule has 0 aliphatic heterocycles. The average Bonchev–Trinajstić information content (AvgIpc) is 2.36. The number of amides is 1. The lowest BCUT2D eigenvalue weighted by Gasteiger charge is -2.05. The number of benzene rings is 1. The standard InChI is InChI=1S/C11H8Cl2N4O2/c12-8-14-9(13)16-10(15-8)17-11(18)19-6-7-4-2-1-3-5-7/h1-5H,6H2,(H,14,15,16,17,18). The fourth-order valence-corrected chi connectivity index (χ4v) is 1.60. The van der Waals surface area contributed by atoms with Crippen LogP contribution in [0, 0.1) is 0 Å². The fraction of sp³-hybridized carbons (Fsp3) is 0.0909. The smallest absolute Gasteiger partial charge is 0.414 e. The number of hydrogen-bond donors (Lipinski definition) is 1. The van der Waals surface area contributed by atoms with Gasteiger partial charge in [-0.2, -0.15) is 15.0 Å². The predicted octanol–water partition coefficient (Wildman–Crippen LogP) is 2.93. The summed E-state index contributed by atoms with van der Waals surface area (Å²) in [5.41, 5.74) is 0.865. The molecule has 0 spiro atoms. The van der Waals surface area contributed by atoms with Gasteiger partial charge in [-0.15, -0.1) is 0 Å². The molecule has 19 heavy (non-hydrogen) atoms. The van der Waals surface area contributed by atoms with E-state index in [1.165, 1.54) is 0 Å². The summed E-state index contributed by atoms with van der Waals surface area (Å²) in [5, 5.41) is 2.08. The Morgan fingerprint density at radius 2 is 1.74 bits per heavy atom. The number of carbonyl (C=O) groups is 1. The topological polar surface area (TPSA) is 77.0 Å². The van der Waals surface area contributed by atoms with Gasteiger partial charge in [-0.25, -0.2) is 4.79 Å². The van der Waals surface area contributed by atoms with Crippen LogP contribution in [0.1, 0.15) is 5.56 Å². The minimum Gasteiger partial charge on any atom is -0.444 e. The van der Waals surface area contributed by atoms with Crippen molar-refractivity contribution in [1.29, 1.82) is 0 Å². The lowest BCUT2D eigenvalue weighted by Crippen LogP contribution is -2.16. The summed E-state index contributed by atoms with van der Waals surface area (Å²) >= 11 is 11.1. The number of nitrogens with one attached hydrogen (secondary N) is 1. The molecule has 1 aromatic carbocycles. The molecule has 0 saturated heterocycles. The molecule has 2 rings (SSSR count). The van der Waals surface area contributed by atoms with E-state index in [9.17, 15) is 4.79 Å². The number of hydrogen-bond acceptors (Lipinski definition) is 5. The zero-order chi connectivity index (χ0) is 13.7. The Labute approximate surface area is 118 Å². The van der Waals surface area contributed by atoms with Gasteiger partial charge in [0.2, 0.25) is 16.5 Å². The fourth-order valence-electron chi connectivity index (χ4n) is 1.23. The third kappa shape index (κ3) is 4.35. The van der Waals surface area contributed by atoms with Gasteiger partial charge in [0.25, 0.3) is 0 Å². The summed E-state index contributed by atoms with van der Waals surface area (Å²) < 4.78 is 4.98. The van der Waals surface area contributed by atoms with E-state index >= 15 is 0 Å². The molecule has 0 unspecified atom stereocenters. The van der Waals surface area contributed by atoms with Gasteiger partial charge < -0.3 is 4.74 Å². The van der Waals surface area contributed by atoms with E-state index in [4.69, 9.17) is 27.9 Å². The Morgan fingerprint density at radius 3 is 2.37 bits per heavy atom. The molecule has 0 atom stereocenters. The largest absolute Gasteiger partial charge is 0.444 e. The SMILES string of the molecule is O=C(Nc1nc(Cl)nc(Cl)n1)OCc1ccccc1. The van der Waals surface area contributed by atoms with Gasteiger partial charge >= 0.3 is 6.09 Å². The summed E-state index contributed by atoms with van der Waals surface area (Å²) in [6, 6.07) is 9.25. The maximum Gasteiger partial charge on any atom is 0.414 e. The summed E-state index contributed by atoms with van der Waals surface area (Å²) in [4.78, 5) is 22.4. The van der Waals surface area contributed by atoms with Crippen LogP contribution in [0.4, 0.5) is 10.7 Å². The van der Waals surface area contributed by atoms with E-state index in [2.05, 4.69) is 20.3 Å². The normalized spacial score (nSPS) is 10.0. The molecule has 2 aromatic rings. The van der Waals surface area contributed by atoms with Crippen LogP contribution < -0.4 is 5.32 Å². The first-order valence-electron chi connectivity index (χ1n) is 5.18. The number of aromatic nitrogens is 3. The first-order valence-corrected chi connectivity index (χ1v) is 5.94. The highest BCUT2D eigenvalue weighted by atomic mass is 35.5. The van der Waals surface area contributed by atoms with Crippen molar-refractivity contribution in [3.8, 4) is 0 Å². The Bertz CT molecular complexity index is 560. The summed E-state index contributed by atoms with van der Waals surface area (Å²) in [5.74, 6) is -0.0666. The molecule has 0 aliphatic rings. The molecule has 98 valence electrons. The van der Waals surface area contributed by atoms with Crippen molar-refractivity contribution in [2.45, 2.75) is 6.61 Å². The van der Waals surface area contributed by atoms with Crippen molar-refractivity contribution < 1.29 is 9.53 Å². The number of nitrogens with zero attached hydrogens (tertiary/aromatic N) is 3. The lowest BCUT2D eigenvalue weighted by atomic mass is 10.2. The highest BCUT2D eigenvalue weighted by molar-refractivity contribution is 6.31. The van der Waals surface area contributed by atoms with Gasteiger partial charge in [0, 0.05) is 0 Å². The van der Waals surface area contributed by atoms with Crippen LogP contribution in [0.2, 0.25) is 10.6 Å². The molecule has 1 heterocycles. The molecule has 0 radical (unpaired) electrons. The van der Waals surface area contributed by atoms with Crippen LogP contribution in [0.15, 0.2) is 30.3 Å². The van der Waals surface area contributed by atoms with Crippen molar-refractivity contribution in [2.75, 3.05) is 5.32 Å². The first kappa shape index (κ1) is 13.5. The zero-order valence-corrected chi connectivity index (χ0v) is 11.0. The zero-order valence-electron chi connectivity index (χ0n) is 9.51. The van der Waals surface area contributed by atoms with E-state index in [-0.39, 0.29) is 23.1 Å². The van der Waals surface area contributed by atoms with Crippen LogP contribution in [0.25, 0.3) is 0 Å². The highest BCUT2D eigenvalue weighted by Crippen LogP contribution is 2.10. The second-order valence-corrected chi connectivity index (χ2v) is 4.06. The van der Waals surface area contributed by atoms with Crippen molar-refractivity contribution in [2.24, 2.45) is 0 Å². The first-order chi connectivity index (χ1) is 9.13. The Hall–Kier alpha value is -1.92. The molecule has 1 aromatic heterocycles. The lowest BCUT2D eigenvalue weighted by molar-refractivity contribution is 0.155. The number of rotatable bonds is 3. The van der Waals surface area contributed by atoms with Gasteiger partial charge in [-0.1, -0.05) is 30.3 Å². The molecule has 0 bridgehead atoms. The van der Waals surface area contributed by atoms with E-state index < -0.39 is 6.09 Å². The third-order valence-corrected chi connectivity index (χ3v) is 2.35. The summed E-state index contributed by atoms with van der Waals surface area (Å²) in [6.07, 6.45) is -0.706. The van der Waals surface area contributed by atoms with Gasteiger partial charge in [0.05, 0.1) is 0 Å². The Kier molecular flexibility index (Phi) is 4.48. The summed E-state index contributed by atoms with van der Waals surface area (Å²) in [6.45, 7) is 0.138. The highest BCUT2D eigenvalue weighted by Gasteiger charge is 2.08. The minimum absolute atomic E-state index is 0.0666. The number of carbonyl (C=O) groups excluding carboxylic acids is 1. The molecule has 1 amide bonds. The van der Waals surface area contributed by atoms with Gasteiger partial charge in [-0.05, 0) is 28.8 Å². The molecular formula is C11H8Cl2N4O2. The van der Waals surface area contributed by atoms with Crippen molar-refractivity contribution >= 4 is 35.2 Å². The van der Waals surface area contributed by atoms with E-state index in [1.807, 2.05) is 30.3 Å².